The summed E-state index contributed by atoms with van der Waals surface area (Å²) in [6.07, 6.45) is -2.94. The molecule has 2 N–H and O–H groups in total. The monoisotopic (exact) mass is 1770 g/mol. The van der Waals surface area contributed by atoms with Crippen molar-refractivity contribution < 1.29 is 102 Å². The van der Waals surface area contributed by atoms with E-state index in [1.54, 1.807) is 65.8 Å². The molecule has 21 nitrogen and oxygen atoms in total. The van der Waals surface area contributed by atoms with E-state index in [9.17, 15) is 33.9 Å². The second-order valence-corrected chi connectivity index (χ2v) is 54.5. The number of imide groups is 1. The Bertz CT molecular complexity index is 4020. The van der Waals surface area contributed by atoms with E-state index in [-0.39, 0.29) is 102 Å². The van der Waals surface area contributed by atoms with Crippen LogP contribution in [0, 0.1) is 6.07 Å². The van der Waals surface area contributed by atoms with Gasteiger partial charge in [0.15, 0.2) is 30.7 Å². The van der Waals surface area contributed by atoms with Gasteiger partial charge in [-0.25, -0.2) is 24.1 Å². The summed E-state index contributed by atoms with van der Waals surface area (Å²) < 4.78 is 63.5. The summed E-state index contributed by atoms with van der Waals surface area (Å²) in [5.41, 5.74) is 0.801. The van der Waals surface area contributed by atoms with Crippen LogP contribution in [0.5, 0.6) is 17.2 Å². The number of ether oxygens (including phenoxy) is 8. The van der Waals surface area contributed by atoms with Crippen molar-refractivity contribution >= 4 is 92.8 Å². The van der Waals surface area contributed by atoms with Crippen molar-refractivity contribution in [3.05, 3.63) is 198 Å². The number of rotatable bonds is 23. The maximum Gasteiger partial charge on any atom is 2.00 e. The zero-order valence-corrected chi connectivity index (χ0v) is 82.6. The van der Waals surface area contributed by atoms with Gasteiger partial charge in [0.2, 0.25) is 0 Å². The standard InChI is InChI=1S/C30H43NO7Si.C25H35NO4Si.C17H31NO6Si.C13H11O.C6H16Si.BrH.Mg/c1-28(2,3)37-27(33)31-23(26(32)35-7)19-25(38-39(8,9)29(4,5)6)30(31,34)22-17-13-14-18-24(22)36-20-21-15-11-10-12-16-21;1-25(2,3)31(5,6)30-22-16-20(24(27)28-4)26-23(22)19-14-10-11-15-21(19)29-17-18-12-8-7-9-13-18;1-16(2,3)23-15(21)18-11(14(20)22-7)10-12(13(18)19)24-25(8,9)17(4,5)6;1-3-7-12(8-4-1)11-14-13-9-5-2-6-10-13;1-4-7(5-2)6-3;;/h10-18,23,25,34H,19-20H2,1-9H3;7-15,20,22-23,26H,16-17H2,1-6H3;11-12H,10H2,1-9H3;1-9H,11H2;7H,4-6H2,1-3H3;1H;/q;;;-1;;;+2/p-1/t23-,25+,30?;20-,22+,23-;11-,12+;;;;/m000..../s1. The molecule has 0 saturated carbocycles. The van der Waals surface area contributed by atoms with E-state index in [2.05, 4.69) is 127 Å². The molecular weight excluding hydrogens is 1640 g/mol. The molecule has 3 aliphatic rings. The molecular formula is C91H136BrMgN3O18Si4. The Morgan fingerprint density at radius 3 is 1.35 bits per heavy atom. The third kappa shape index (κ3) is 30.7. The van der Waals surface area contributed by atoms with E-state index >= 15 is 0 Å². The molecule has 3 fully saturated rings. The van der Waals surface area contributed by atoms with Gasteiger partial charge >= 0.3 is 53.1 Å². The molecule has 3 aliphatic heterocycles. The number of para-hydroxylation sites is 3. The number of amides is 3. The van der Waals surface area contributed by atoms with E-state index < -0.39 is 102 Å². The number of carbonyl (C=O) groups excluding carboxylic acids is 6. The minimum Gasteiger partial charge on any atom is -1.00 e. The van der Waals surface area contributed by atoms with Crippen LogP contribution in [-0.4, -0.2) is 177 Å². The second-order valence-electron chi connectivity index (χ2n) is 36.1. The number of nitrogens with zero attached hydrogens (tertiary/aromatic N) is 2. The van der Waals surface area contributed by atoms with Crippen LogP contribution in [0.25, 0.3) is 0 Å². The van der Waals surface area contributed by atoms with E-state index in [1.165, 1.54) is 45.0 Å². The third-order valence-electron chi connectivity index (χ3n) is 22.1. The molecule has 3 amide bonds. The van der Waals surface area contributed by atoms with Crippen LogP contribution in [0.4, 0.5) is 9.59 Å². The first-order valence-corrected chi connectivity index (χ1v) is 51.7. The van der Waals surface area contributed by atoms with Crippen molar-refractivity contribution in [2.45, 2.75) is 296 Å². The number of aliphatic hydroxyl groups is 1. The molecule has 648 valence electrons. The quantitative estimate of drug-likeness (QED) is 0.0262. The Hall–Kier alpha value is -6.75. The maximum absolute atomic E-state index is 13.7. The molecule has 27 heteroatoms. The number of hydrogen-bond donors (Lipinski definition) is 2. The Kier molecular flexibility index (Phi) is 41.5. The van der Waals surface area contributed by atoms with Gasteiger partial charge < -0.3 is 73.3 Å². The Morgan fingerprint density at radius 1 is 0.500 bits per heavy atom. The van der Waals surface area contributed by atoms with Crippen molar-refractivity contribution in [3.63, 3.8) is 0 Å². The Balaban J connectivity index is 0.000000410. The Labute approximate surface area is 736 Å². The summed E-state index contributed by atoms with van der Waals surface area (Å²) in [7, 11) is -3.05. The van der Waals surface area contributed by atoms with Gasteiger partial charge in [0.25, 0.3) is 5.91 Å². The van der Waals surface area contributed by atoms with E-state index in [0.29, 0.717) is 30.9 Å². The van der Waals surface area contributed by atoms with E-state index in [4.69, 9.17) is 51.2 Å². The number of nitrogens with one attached hydrogen (secondary N) is 1. The van der Waals surface area contributed by atoms with Crippen LogP contribution in [-0.2, 0) is 81.7 Å². The fourth-order valence-electron chi connectivity index (χ4n) is 12.3. The number of halogens is 1. The Morgan fingerprint density at radius 2 is 0.907 bits per heavy atom. The fourth-order valence-corrected chi connectivity index (χ4v) is 18.0. The molecule has 9 rings (SSSR count). The first-order chi connectivity index (χ1) is 54.0. The zero-order chi connectivity index (χ0) is 87.0. The average molecular weight is 1780 g/mol. The normalized spacial score (nSPS) is 19.4. The molecule has 8 atom stereocenters. The van der Waals surface area contributed by atoms with Gasteiger partial charge in [-0.15, -0.1) is 12.1 Å². The zero-order valence-electron chi connectivity index (χ0n) is 75.4. The summed E-state index contributed by atoms with van der Waals surface area (Å²) in [4.78, 5) is 78.3. The van der Waals surface area contributed by atoms with Crippen LogP contribution in [0.15, 0.2) is 164 Å². The predicted octanol–water partition coefficient (Wildman–Crippen LogP) is 16.3. The van der Waals surface area contributed by atoms with Crippen LogP contribution in [0.3, 0.4) is 0 Å². The van der Waals surface area contributed by atoms with E-state index in [1.807, 2.05) is 147 Å². The molecule has 0 bridgehead atoms. The van der Waals surface area contributed by atoms with Crippen molar-refractivity contribution in [1.29, 1.82) is 0 Å². The van der Waals surface area contributed by atoms with Crippen molar-refractivity contribution in [1.82, 2.24) is 15.1 Å². The topological polar surface area (TPSA) is 243 Å². The summed E-state index contributed by atoms with van der Waals surface area (Å²) in [6.45, 7) is 50.4. The molecule has 118 heavy (non-hydrogen) atoms. The minimum absolute atomic E-state index is 0. The number of hydrogen-bond acceptors (Lipinski definition) is 19. The van der Waals surface area contributed by atoms with Gasteiger partial charge in [-0.05, 0) is 125 Å². The maximum atomic E-state index is 13.7. The number of carbonyl (C=O) groups is 6. The number of benzene rings is 6. The van der Waals surface area contributed by atoms with Gasteiger partial charge in [-0.2, -0.15) is 18.2 Å². The first-order valence-electron chi connectivity index (χ1n) is 40.5. The molecule has 0 aromatic heterocycles. The largest absolute Gasteiger partial charge is 2.00 e. The van der Waals surface area contributed by atoms with Crippen LogP contribution in [0.1, 0.15) is 178 Å². The van der Waals surface area contributed by atoms with Crippen molar-refractivity contribution in [3.8, 4) is 17.2 Å². The van der Waals surface area contributed by atoms with E-state index in [0.717, 1.165) is 38.0 Å². The number of esters is 3. The fraction of sp³-hybridized carbons (Fsp3) is 0.538. The molecule has 3 saturated heterocycles. The minimum atomic E-state index is -2.50. The molecule has 6 aromatic carbocycles. The van der Waals surface area contributed by atoms with Crippen LogP contribution in [0.2, 0.25) is 72.5 Å². The van der Waals surface area contributed by atoms with Crippen molar-refractivity contribution in [2.24, 2.45) is 0 Å². The van der Waals surface area contributed by atoms with Gasteiger partial charge in [0.05, 0.1) is 33.5 Å². The van der Waals surface area contributed by atoms with Gasteiger partial charge in [0.1, 0.15) is 72.9 Å². The van der Waals surface area contributed by atoms with Crippen LogP contribution >= 0.6 is 0 Å². The predicted molar refractivity (Wildman–Crippen MR) is 473 cm³/mol. The molecule has 0 radical (unpaired) electrons. The summed E-state index contributed by atoms with van der Waals surface area (Å²) in [6, 6.07) is 57.3. The first kappa shape index (κ1) is 105. The molecule has 3 heterocycles. The molecule has 6 aromatic rings. The molecule has 1 unspecified atom stereocenters. The summed E-state index contributed by atoms with van der Waals surface area (Å²) in [5, 5.41) is 15.9. The molecule has 0 spiro atoms. The average Bonchev–Trinajstić information content (AvgIpc) is 1.55. The SMILES string of the molecule is CC[SiH](CC)CC.COC(=O)[C@@H]1C[C@@H](O[Si](C)(C)C(C)(C)C)C(=O)N1C(=O)OC(C)(C)C.COC(=O)[C@@H]1C[C@@H](O[Si](C)(C)C(C)(C)C)C(O)(c2ccccc2OCc2ccccc2)N1C(=O)OC(C)(C)C.COC(=O)[C@@H]1C[C@@H](O[Si](C)(C)C(C)(C)C)[C@H](c2ccccc2OCc2ccccc2)N1.[Br-].[Mg+2].[c-]1ccccc1OCc1ccccc1. The smallest absolute Gasteiger partial charge is 1.00 e. The van der Waals surface area contributed by atoms with Gasteiger partial charge in [0, 0.05) is 44.9 Å². The van der Waals surface area contributed by atoms with Gasteiger partial charge in [-0.1, -0.05) is 229 Å². The summed E-state index contributed by atoms with van der Waals surface area (Å²) in [5.74, 6) is -0.159. The third-order valence-corrected chi connectivity index (χ3v) is 39.0. The van der Waals surface area contributed by atoms with Crippen LogP contribution < -0.4 is 36.5 Å². The second kappa shape index (κ2) is 46.5. The number of likely N-dealkylation sites (tertiary alicyclic amines) is 2. The van der Waals surface area contributed by atoms with Gasteiger partial charge in [-0.3, -0.25) is 19.8 Å². The molecule has 0 aliphatic carbocycles. The van der Waals surface area contributed by atoms with Crippen molar-refractivity contribution in [2.75, 3.05) is 21.3 Å². The number of methoxy groups -OCH3 is 3. The summed E-state index contributed by atoms with van der Waals surface area (Å²) >= 11 is 0.